The fraction of sp³-hybridized carbons (Fsp3) is 0.484. The average Bonchev–Trinajstić information content (AvgIpc) is 3.63. The molecule has 0 fully saturated rings. The molecule has 2 amide bonds. The molecule has 0 aromatic heterocycles. The van der Waals surface area contributed by atoms with Crippen molar-refractivity contribution in [2.45, 2.75) is 65.2 Å². The van der Waals surface area contributed by atoms with Gasteiger partial charge in [0.25, 0.3) is 0 Å². The number of fused-ring (bicyclic) bond motifs is 2. The van der Waals surface area contributed by atoms with E-state index in [1.54, 1.807) is 23.8 Å². The van der Waals surface area contributed by atoms with Gasteiger partial charge in [0.2, 0.25) is 11.8 Å². The van der Waals surface area contributed by atoms with Gasteiger partial charge in [0.15, 0.2) is 23.0 Å². The SMILES string of the molecule is CCOC(=O)CCC(=O)N1Cc2cc(OC)c(OCCCOc3c(OC)cc4c(c3Cl)CN(C(=O)CCC=O)C4)cc2C1. The van der Waals surface area contributed by atoms with E-state index in [9.17, 15) is 19.2 Å². The van der Waals surface area contributed by atoms with Gasteiger partial charge in [-0.1, -0.05) is 11.6 Å². The molecule has 0 aliphatic carbocycles. The summed E-state index contributed by atoms with van der Waals surface area (Å²) in [4.78, 5) is 50.7. The van der Waals surface area contributed by atoms with Crippen molar-refractivity contribution in [2.24, 2.45) is 0 Å². The first-order valence-corrected chi connectivity index (χ1v) is 14.7. The van der Waals surface area contributed by atoms with Crippen LogP contribution in [0.1, 0.15) is 61.3 Å². The number of methoxy groups -OCH3 is 2. The fourth-order valence-corrected chi connectivity index (χ4v) is 5.46. The lowest BCUT2D eigenvalue weighted by Crippen LogP contribution is -2.25. The highest BCUT2D eigenvalue weighted by molar-refractivity contribution is 6.33. The molecular formula is C31H37ClN2O9. The summed E-state index contributed by atoms with van der Waals surface area (Å²) in [5.74, 6) is 1.43. The van der Waals surface area contributed by atoms with E-state index in [1.807, 2.05) is 18.2 Å². The van der Waals surface area contributed by atoms with Crippen LogP contribution in [0.25, 0.3) is 0 Å². The first kappa shape index (κ1) is 31.9. The number of nitrogens with zero attached hydrogens (tertiary/aromatic N) is 2. The largest absolute Gasteiger partial charge is 0.493 e. The van der Waals surface area contributed by atoms with Crippen LogP contribution in [0.5, 0.6) is 23.0 Å². The number of carbonyl (C=O) groups excluding carboxylic acids is 4. The van der Waals surface area contributed by atoms with Crippen LogP contribution in [0.3, 0.4) is 0 Å². The van der Waals surface area contributed by atoms with Crippen molar-refractivity contribution in [3.8, 4) is 23.0 Å². The van der Waals surface area contributed by atoms with Gasteiger partial charge in [-0.25, -0.2) is 0 Å². The van der Waals surface area contributed by atoms with Crippen LogP contribution in [-0.4, -0.2) is 67.9 Å². The number of carbonyl (C=O) groups is 4. The molecule has 0 saturated carbocycles. The monoisotopic (exact) mass is 616 g/mol. The summed E-state index contributed by atoms with van der Waals surface area (Å²) in [6.45, 7) is 4.28. The Labute approximate surface area is 255 Å². The van der Waals surface area contributed by atoms with E-state index in [2.05, 4.69) is 0 Å². The number of hydrogen-bond acceptors (Lipinski definition) is 9. The number of aldehydes is 1. The molecule has 0 spiro atoms. The van der Waals surface area contributed by atoms with E-state index in [1.165, 1.54) is 7.11 Å². The lowest BCUT2D eigenvalue weighted by atomic mass is 10.1. The van der Waals surface area contributed by atoms with Crippen molar-refractivity contribution in [1.82, 2.24) is 9.80 Å². The van der Waals surface area contributed by atoms with Gasteiger partial charge < -0.3 is 38.3 Å². The molecule has 0 N–H and O–H groups in total. The zero-order valence-corrected chi connectivity index (χ0v) is 25.5. The number of rotatable bonds is 15. The molecule has 2 aliphatic heterocycles. The number of ether oxygens (including phenoxy) is 5. The van der Waals surface area contributed by atoms with Gasteiger partial charge in [-0.05, 0) is 47.4 Å². The Morgan fingerprint density at radius 3 is 2.09 bits per heavy atom. The van der Waals surface area contributed by atoms with E-state index >= 15 is 0 Å². The van der Waals surface area contributed by atoms with Gasteiger partial charge >= 0.3 is 5.97 Å². The zero-order chi connectivity index (χ0) is 30.9. The number of amides is 2. The first-order valence-electron chi connectivity index (χ1n) is 14.3. The Hall–Kier alpha value is -3.99. The normalized spacial score (nSPS) is 13.3. The molecule has 0 atom stereocenters. The predicted molar refractivity (Wildman–Crippen MR) is 156 cm³/mol. The van der Waals surface area contributed by atoms with E-state index in [0.29, 0.717) is 80.4 Å². The van der Waals surface area contributed by atoms with E-state index in [4.69, 9.17) is 35.3 Å². The van der Waals surface area contributed by atoms with Crippen LogP contribution in [0, 0.1) is 0 Å². The minimum Gasteiger partial charge on any atom is -0.493 e. The molecule has 11 nitrogen and oxygen atoms in total. The smallest absolute Gasteiger partial charge is 0.306 e. The van der Waals surface area contributed by atoms with Gasteiger partial charge in [0.05, 0.1) is 45.5 Å². The van der Waals surface area contributed by atoms with Gasteiger partial charge in [0.1, 0.15) is 6.29 Å². The number of hydrogen-bond donors (Lipinski definition) is 0. The second-order valence-corrected chi connectivity index (χ2v) is 10.6. The lowest BCUT2D eigenvalue weighted by Gasteiger charge is -2.16. The summed E-state index contributed by atoms with van der Waals surface area (Å²) in [7, 11) is 3.10. The molecule has 43 heavy (non-hydrogen) atoms. The topological polar surface area (TPSA) is 121 Å². The molecule has 12 heteroatoms. The van der Waals surface area contributed by atoms with Crippen LogP contribution in [-0.2, 0) is 50.1 Å². The molecule has 2 aromatic carbocycles. The molecule has 232 valence electrons. The molecular weight excluding hydrogens is 580 g/mol. The van der Waals surface area contributed by atoms with E-state index < -0.39 is 0 Å². The van der Waals surface area contributed by atoms with Crippen molar-refractivity contribution >= 4 is 35.7 Å². The van der Waals surface area contributed by atoms with Crippen molar-refractivity contribution in [1.29, 1.82) is 0 Å². The maximum Gasteiger partial charge on any atom is 0.306 e. The average molecular weight is 617 g/mol. The highest BCUT2D eigenvalue weighted by atomic mass is 35.5. The third kappa shape index (κ3) is 7.70. The predicted octanol–water partition coefficient (Wildman–Crippen LogP) is 4.21. The fourth-order valence-electron chi connectivity index (χ4n) is 5.13. The molecule has 2 heterocycles. The summed E-state index contributed by atoms with van der Waals surface area (Å²) in [6, 6.07) is 5.60. The maximum absolute atomic E-state index is 12.6. The van der Waals surface area contributed by atoms with Gasteiger partial charge in [-0.15, -0.1) is 0 Å². The summed E-state index contributed by atoms with van der Waals surface area (Å²) in [5, 5.41) is 0.405. The highest BCUT2D eigenvalue weighted by Gasteiger charge is 2.29. The van der Waals surface area contributed by atoms with Gasteiger partial charge in [0, 0.05) is 51.9 Å². The molecule has 4 rings (SSSR count). The Morgan fingerprint density at radius 1 is 0.814 bits per heavy atom. The Bertz CT molecular complexity index is 1360. The molecule has 0 saturated heterocycles. The number of benzene rings is 2. The molecule has 0 radical (unpaired) electrons. The third-order valence-electron chi connectivity index (χ3n) is 7.34. The maximum atomic E-state index is 12.6. The zero-order valence-electron chi connectivity index (χ0n) is 24.7. The standard InChI is InChI=1S/C31H37ClN2O9/c1-4-41-29(38)9-8-28(37)33-16-20-13-24(39-2)25(14-21(20)17-33)42-11-6-12-43-31-26(40-3)15-22-18-34(19-23(22)30(31)32)27(36)7-5-10-35/h10,13-15H,4-9,11-12,16-19H2,1-3H3. The second-order valence-electron chi connectivity index (χ2n) is 10.2. The quantitative estimate of drug-likeness (QED) is 0.165. The summed E-state index contributed by atoms with van der Waals surface area (Å²) in [5.41, 5.74) is 3.63. The summed E-state index contributed by atoms with van der Waals surface area (Å²) < 4.78 is 28.0. The van der Waals surface area contributed by atoms with E-state index in [-0.39, 0.29) is 43.5 Å². The van der Waals surface area contributed by atoms with Crippen LogP contribution in [0.15, 0.2) is 18.2 Å². The Kier molecular flexibility index (Phi) is 11.1. The third-order valence-corrected chi connectivity index (χ3v) is 7.74. The second kappa shape index (κ2) is 15.0. The van der Waals surface area contributed by atoms with E-state index in [0.717, 1.165) is 28.5 Å². The minimum atomic E-state index is -0.378. The van der Waals surface area contributed by atoms with Crippen molar-refractivity contribution < 1.29 is 42.9 Å². The van der Waals surface area contributed by atoms with Crippen molar-refractivity contribution in [3.63, 3.8) is 0 Å². The Balaban J connectivity index is 1.31. The van der Waals surface area contributed by atoms with Crippen molar-refractivity contribution in [2.75, 3.05) is 34.0 Å². The molecule has 0 unspecified atom stereocenters. The minimum absolute atomic E-state index is 0.0579. The van der Waals surface area contributed by atoms with Crippen LogP contribution < -0.4 is 18.9 Å². The van der Waals surface area contributed by atoms with Crippen molar-refractivity contribution in [3.05, 3.63) is 45.5 Å². The first-order chi connectivity index (χ1) is 20.8. The summed E-state index contributed by atoms with van der Waals surface area (Å²) >= 11 is 6.70. The lowest BCUT2D eigenvalue weighted by molar-refractivity contribution is -0.145. The highest BCUT2D eigenvalue weighted by Crippen LogP contribution is 2.43. The molecule has 2 aliphatic rings. The number of halogens is 1. The Morgan fingerprint density at radius 2 is 1.42 bits per heavy atom. The van der Waals surface area contributed by atoms with Crippen LogP contribution in [0.2, 0.25) is 5.02 Å². The molecule has 2 aromatic rings. The number of esters is 1. The van der Waals surface area contributed by atoms with Gasteiger partial charge in [-0.2, -0.15) is 0 Å². The van der Waals surface area contributed by atoms with Crippen LogP contribution >= 0.6 is 11.6 Å². The summed E-state index contributed by atoms with van der Waals surface area (Å²) in [6.07, 6.45) is 1.78. The van der Waals surface area contributed by atoms with Crippen LogP contribution in [0.4, 0.5) is 0 Å². The van der Waals surface area contributed by atoms with Gasteiger partial charge in [-0.3, -0.25) is 14.4 Å². The molecule has 0 bridgehead atoms.